The van der Waals surface area contributed by atoms with Gasteiger partial charge in [-0.25, -0.2) is 9.78 Å². The zero-order chi connectivity index (χ0) is 20.5. The van der Waals surface area contributed by atoms with Crippen LogP contribution >= 0.6 is 11.3 Å². The highest BCUT2D eigenvalue weighted by Crippen LogP contribution is 2.31. The van der Waals surface area contributed by atoms with Crippen molar-refractivity contribution in [1.29, 1.82) is 0 Å². The largest absolute Gasteiger partial charge is 0.350 e. The van der Waals surface area contributed by atoms with Gasteiger partial charge in [0, 0.05) is 38.9 Å². The van der Waals surface area contributed by atoms with Crippen molar-refractivity contribution in [3.8, 4) is 0 Å². The van der Waals surface area contributed by atoms with Gasteiger partial charge in [-0.15, -0.1) is 0 Å². The summed E-state index contributed by atoms with van der Waals surface area (Å²) in [5.41, 5.74) is 0.689. The van der Waals surface area contributed by atoms with E-state index >= 15 is 0 Å². The van der Waals surface area contributed by atoms with E-state index in [-0.39, 0.29) is 23.9 Å². The average Bonchev–Trinajstić information content (AvgIpc) is 3.18. The number of hydrogen-bond acceptors (Lipinski definition) is 6. The number of amides is 1. The molecule has 0 spiro atoms. The molecule has 1 saturated heterocycles. The number of benzene rings is 1. The summed E-state index contributed by atoms with van der Waals surface area (Å²) in [4.78, 5) is 43.5. The maximum Gasteiger partial charge on any atom is 0.330 e. The summed E-state index contributed by atoms with van der Waals surface area (Å²) in [5, 5.41) is 3.83. The summed E-state index contributed by atoms with van der Waals surface area (Å²) >= 11 is 1.64. The number of piperidine rings is 1. The second-order valence-corrected chi connectivity index (χ2v) is 8.35. The lowest BCUT2D eigenvalue weighted by Gasteiger charge is -2.31. The monoisotopic (exact) mass is 413 g/mol. The Morgan fingerprint density at radius 2 is 2.03 bits per heavy atom. The molecule has 1 aliphatic heterocycles. The normalized spacial score (nSPS) is 16.9. The number of aromatic nitrogens is 3. The first kappa shape index (κ1) is 19.4. The van der Waals surface area contributed by atoms with Crippen molar-refractivity contribution in [2.75, 3.05) is 18.0 Å². The number of nitrogens with one attached hydrogen (secondary N) is 1. The molecule has 4 rings (SSSR count). The number of fused-ring (bicyclic) bond motifs is 1. The number of para-hydroxylation sites is 1. The molecule has 1 atom stereocenters. The van der Waals surface area contributed by atoms with Gasteiger partial charge in [-0.2, -0.15) is 0 Å². The van der Waals surface area contributed by atoms with E-state index in [4.69, 9.17) is 4.98 Å². The van der Waals surface area contributed by atoms with Crippen LogP contribution in [0.25, 0.3) is 10.2 Å². The number of carbonyl (C=O) groups is 1. The van der Waals surface area contributed by atoms with Gasteiger partial charge in [0.2, 0.25) is 5.91 Å². The number of rotatable bonds is 4. The Balaban J connectivity index is 1.44. The summed E-state index contributed by atoms with van der Waals surface area (Å²) < 4.78 is 3.57. The van der Waals surface area contributed by atoms with Crippen LogP contribution in [0.2, 0.25) is 0 Å². The van der Waals surface area contributed by atoms with Crippen LogP contribution in [0.3, 0.4) is 0 Å². The first-order valence-electron chi connectivity index (χ1n) is 9.58. The molecule has 9 heteroatoms. The Morgan fingerprint density at radius 3 is 2.83 bits per heavy atom. The fraction of sp³-hybridized carbons (Fsp3) is 0.400. The Morgan fingerprint density at radius 1 is 1.24 bits per heavy atom. The predicted octanol–water partition coefficient (Wildman–Crippen LogP) is 1.23. The molecule has 0 bridgehead atoms. The van der Waals surface area contributed by atoms with Crippen molar-refractivity contribution in [2.45, 2.75) is 19.4 Å². The molecular formula is C20H23N5O3S. The average molecular weight is 414 g/mol. The van der Waals surface area contributed by atoms with Gasteiger partial charge >= 0.3 is 5.69 Å². The van der Waals surface area contributed by atoms with Crippen LogP contribution in [0.1, 0.15) is 18.5 Å². The predicted molar refractivity (Wildman–Crippen MR) is 113 cm³/mol. The lowest BCUT2D eigenvalue weighted by atomic mass is 9.97. The third-order valence-corrected chi connectivity index (χ3v) is 6.51. The van der Waals surface area contributed by atoms with Crippen molar-refractivity contribution in [3.05, 3.63) is 56.9 Å². The summed E-state index contributed by atoms with van der Waals surface area (Å²) in [5.74, 6) is -0.219. The molecule has 2 aromatic heterocycles. The lowest BCUT2D eigenvalue weighted by molar-refractivity contribution is -0.125. The smallest absolute Gasteiger partial charge is 0.330 e. The Kier molecular flexibility index (Phi) is 5.23. The second kappa shape index (κ2) is 7.82. The highest BCUT2D eigenvalue weighted by molar-refractivity contribution is 7.22. The molecule has 8 nitrogen and oxygen atoms in total. The molecule has 1 aliphatic rings. The van der Waals surface area contributed by atoms with Crippen LogP contribution in [0.5, 0.6) is 0 Å². The van der Waals surface area contributed by atoms with E-state index in [0.29, 0.717) is 12.2 Å². The summed E-state index contributed by atoms with van der Waals surface area (Å²) in [6, 6.07) is 9.41. The van der Waals surface area contributed by atoms with Gasteiger partial charge in [-0.3, -0.25) is 18.7 Å². The van der Waals surface area contributed by atoms with Gasteiger partial charge < -0.3 is 10.2 Å². The van der Waals surface area contributed by atoms with E-state index in [0.717, 1.165) is 39.3 Å². The van der Waals surface area contributed by atoms with Gasteiger partial charge in [-0.1, -0.05) is 23.5 Å². The fourth-order valence-electron chi connectivity index (χ4n) is 3.63. The van der Waals surface area contributed by atoms with Gasteiger partial charge in [0.25, 0.3) is 5.56 Å². The molecule has 0 radical (unpaired) electrons. The number of thiazole rings is 1. The third kappa shape index (κ3) is 3.82. The van der Waals surface area contributed by atoms with Crippen LogP contribution in [0.4, 0.5) is 5.13 Å². The molecule has 1 fully saturated rings. The summed E-state index contributed by atoms with van der Waals surface area (Å²) in [6.07, 6.45) is 1.72. The van der Waals surface area contributed by atoms with Gasteiger partial charge in [0.15, 0.2) is 5.13 Å². The van der Waals surface area contributed by atoms with Crippen LogP contribution < -0.4 is 21.5 Å². The Labute approximate surface area is 171 Å². The van der Waals surface area contributed by atoms with E-state index in [9.17, 15) is 14.4 Å². The topological polar surface area (TPSA) is 89.2 Å². The number of nitrogens with zero attached hydrogens (tertiary/aromatic N) is 4. The fourth-order valence-corrected chi connectivity index (χ4v) is 4.63. The zero-order valence-electron chi connectivity index (χ0n) is 16.4. The molecule has 0 saturated carbocycles. The van der Waals surface area contributed by atoms with Crippen molar-refractivity contribution in [1.82, 2.24) is 19.4 Å². The molecular weight excluding hydrogens is 390 g/mol. The number of anilines is 1. The minimum Gasteiger partial charge on any atom is -0.350 e. The van der Waals surface area contributed by atoms with Crippen molar-refractivity contribution in [3.63, 3.8) is 0 Å². The van der Waals surface area contributed by atoms with Crippen LogP contribution in [-0.4, -0.2) is 33.1 Å². The number of carbonyl (C=O) groups excluding carboxylic acids is 1. The quantitative estimate of drug-likeness (QED) is 0.695. The summed E-state index contributed by atoms with van der Waals surface area (Å²) in [7, 11) is 3.03. The van der Waals surface area contributed by atoms with E-state index < -0.39 is 5.69 Å². The highest BCUT2D eigenvalue weighted by Gasteiger charge is 2.27. The first-order chi connectivity index (χ1) is 13.9. The Bertz CT molecular complexity index is 1150. The van der Waals surface area contributed by atoms with Crippen LogP contribution in [-0.2, 0) is 25.4 Å². The molecule has 3 heterocycles. The van der Waals surface area contributed by atoms with E-state index in [1.807, 2.05) is 18.2 Å². The SMILES string of the molecule is Cn1c(CNC(=O)[C@@H]2CCCN(c3nc4ccccc4s3)C2)cc(=O)n(C)c1=O. The zero-order valence-corrected chi connectivity index (χ0v) is 17.2. The lowest BCUT2D eigenvalue weighted by Crippen LogP contribution is -2.44. The minimum absolute atomic E-state index is 0.0658. The van der Waals surface area contributed by atoms with Crippen LogP contribution in [0.15, 0.2) is 39.9 Å². The van der Waals surface area contributed by atoms with E-state index in [1.165, 1.54) is 17.7 Å². The summed E-state index contributed by atoms with van der Waals surface area (Å²) in [6.45, 7) is 1.65. The molecule has 0 unspecified atom stereocenters. The van der Waals surface area contributed by atoms with E-state index in [1.54, 1.807) is 18.4 Å². The maximum absolute atomic E-state index is 12.7. The highest BCUT2D eigenvalue weighted by atomic mass is 32.1. The van der Waals surface area contributed by atoms with E-state index in [2.05, 4.69) is 16.3 Å². The molecule has 1 amide bonds. The molecule has 1 aromatic carbocycles. The Hall–Kier alpha value is -2.94. The molecule has 152 valence electrons. The van der Waals surface area contributed by atoms with Crippen LogP contribution in [0, 0.1) is 5.92 Å². The van der Waals surface area contributed by atoms with Crippen molar-refractivity contribution < 1.29 is 4.79 Å². The van der Waals surface area contributed by atoms with Crippen molar-refractivity contribution >= 4 is 32.6 Å². The van der Waals surface area contributed by atoms with Crippen molar-refractivity contribution in [2.24, 2.45) is 20.0 Å². The maximum atomic E-state index is 12.7. The molecule has 29 heavy (non-hydrogen) atoms. The molecule has 3 aromatic rings. The van der Waals surface area contributed by atoms with Gasteiger partial charge in [0.05, 0.1) is 22.7 Å². The third-order valence-electron chi connectivity index (χ3n) is 5.41. The van der Waals surface area contributed by atoms with Gasteiger partial charge in [-0.05, 0) is 25.0 Å². The standard InChI is InChI=1S/C20H23N5O3S/c1-23-14(10-17(26)24(2)20(23)28)11-21-18(27)13-6-5-9-25(12-13)19-22-15-7-3-4-8-16(15)29-19/h3-4,7-8,10,13H,5-6,9,11-12H2,1-2H3,(H,21,27)/t13-/m1/s1. The molecule has 1 N–H and O–H groups in total. The second-order valence-electron chi connectivity index (χ2n) is 7.34. The first-order valence-corrected chi connectivity index (χ1v) is 10.4. The van der Waals surface area contributed by atoms with Gasteiger partial charge in [0.1, 0.15) is 0 Å². The molecule has 0 aliphatic carbocycles. The number of hydrogen-bond donors (Lipinski definition) is 1. The minimum atomic E-state index is -0.401.